The van der Waals surface area contributed by atoms with Crippen molar-refractivity contribution in [2.75, 3.05) is 27.4 Å². The van der Waals surface area contributed by atoms with E-state index < -0.39 is 0 Å². The van der Waals surface area contributed by atoms with Crippen molar-refractivity contribution in [1.29, 1.82) is 0 Å². The molecule has 0 aromatic heterocycles. The van der Waals surface area contributed by atoms with Crippen LogP contribution in [0.1, 0.15) is 67.8 Å². The molecule has 0 bridgehead atoms. The molecular weight excluding hydrogens is 496 g/mol. The highest BCUT2D eigenvalue weighted by Crippen LogP contribution is 2.49. The maximum Gasteiger partial charge on any atom is 0.123 e. The van der Waals surface area contributed by atoms with Gasteiger partial charge in [-0.1, -0.05) is 30.3 Å². The van der Waals surface area contributed by atoms with E-state index in [1.54, 1.807) is 14.2 Å². The van der Waals surface area contributed by atoms with E-state index >= 15 is 0 Å². The molecule has 0 radical (unpaired) electrons. The van der Waals surface area contributed by atoms with Crippen LogP contribution >= 0.6 is 0 Å². The Kier molecular flexibility index (Phi) is 6.95. The number of methoxy groups -OCH3 is 2. The molecule has 3 atom stereocenters. The standard InChI is InChI=1S/C36H38O4/c1-21-7-10-31-35(13-21)40-20-33(30-12-9-28(38-6)15-23(30)3)36(31)32-18-25-17-26(19-39-34(25)16-24(32)4)29-11-8-27(37-5)14-22(29)2/h7-16,18,26,33,36H,17,19-20H2,1-6H3. The molecule has 206 valence electrons. The fourth-order valence-corrected chi connectivity index (χ4v) is 6.68. The minimum atomic E-state index is 0.171. The molecule has 0 amide bonds. The second-order valence-electron chi connectivity index (χ2n) is 11.4. The predicted molar refractivity (Wildman–Crippen MR) is 160 cm³/mol. The Morgan fingerprint density at radius 2 is 1.23 bits per heavy atom. The van der Waals surface area contributed by atoms with Crippen molar-refractivity contribution in [1.82, 2.24) is 0 Å². The Bertz CT molecular complexity index is 1570. The third-order valence-electron chi connectivity index (χ3n) is 8.81. The molecule has 0 aliphatic carbocycles. The molecule has 6 rings (SSSR count). The molecule has 3 unspecified atom stereocenters. The summed E-state index contributed by atoms with van der Waals surface area (Å²) < 4.78 is 23.8. The second-order valence-corrected chi connectivity index (χ2v) is 11.4. The topological polar surface area (TPSA) is 36.9 Å². The van der Waals surface area contributed by atoms with Crippen LogP contribution in [0.3, 0.4) is 0 Å². The van der Waals surface area contributed by atoms with Crippen molar-refractivity contribution in [2.24, 2.45) is 0 Å². The summed E-state index contributed by atoms with van der Waals surface area (Å²) in [7, 11) is 3.44. The van der Waals surface area contributed by atoms with Crippen LogP contribution in [-0.2, 0) is 6.42 Å². The Hall–Kier alpha value is -3.92. The first kappa shape index (κ1) is 26.3. The van der Waals surface area contributed by atoms with Gasteiger partial charge < -0.3 is 18.9 Å². The lowest BCUT2D eigenvalue weighted by molar-refractivity contribution is 0.247. The van der Waals surface area contributed by atoms with Crippen LogP contribution in [0.2, 0.25) is 0 Å². The van der Waals surface area contributed by atoms with Crippen LogP contribution in [0, 0.1) is 27.7 Å². The van der Waals surface area contributed by atoms with Crippen LogP contribution in [-0.4, -0.2) is 27.4 Å². The Balaban J connectivity index is 1.44. The van der Waals surface area contributed by atoms with Gasteiger partial charge in [-0.3, -0.25) is 0 Å². The van der Waals surface area contributed by atoms with Crippen molar-refractivity contribution in [2.45, 2.75) is 51.9 Å². The number of hydrogen-bond donors (Lipinski definition) is 0. The third-order valence-corrected chi connectivity index (χ3v) is 8.81. The molecule has 40 heavy (non-hydrogen) atoms. The highest BCUT2D eigenvalue weighted by atomic mass is 16.5. The van der Waals surface area contributed by atoms with Gasteiger partial charge in [-0.15, -0.1) is 0 Å². The van der Waals surface area contributed by atoms with Crippen LogP contribution in [0.15, 0.2) is 66.7 Å². The van der Waals surface area contributed by atoms with Gasteiger partial charge in [0.15, 0.2) is 0 Å². The van der Waals surface area contributed by atoms with Gasteiger partial charge in [-0.2, -0.15) is 0 Å². The van der Waals surface area contributed by atoms with Crippen LogP contribution < -0.4 is 18.9 Å². The van der Waals surface area contributed by atoms with Gasteiger partial charge in [0, 0.05) is 23.3 Å². The number of rotatable bonds is 5. The largest absolute Gasteiger partial charge is 0.497 e. The van der Waals surface area contributed by atoms with E-state index in [-0.39, 0.29) is 11.8 Å². The monoisotopic (exact) mass is 534 g/mol. The predicted octanol–water partition coefficient (Wildman–Crippen LogP) is 7.96. The molecule has 4 aromatic rings. The van der Waals surface area contributed by atoms with Crippen molar-refractivity contribution in [3.63, 3.8) is 0 Å². The molecule has 0 saturated carbocycles. The van der Waals surface area contributed by atoms with E-state index in [0.717, 1.165) is 29.4 Å². The Morgan fingerprint density at radius 1 is 0.600 bits per heavy atom. The molecule has 2 aliphatic heterocycles. The summed E-state index contributed by atoms with van der Waals surface area (Å²) in [5.41, 5.74) is 11.4. The molecule has 0 N–H and O–H groups in total. The zero-order chi connectivity index (χ0) is 28.0. The van der Waals surface area contributed by atoms with Crippen molar-refractivity contribution >= 4 is 0 Å². The summed E-state index contributed by atoms with van der Waals surface area (Å²) >= 11 is 0. The summed E-state index contributed by atoms with van der Waals surface area (Å²) in [4.78, 5) is 0. The van der Waals surface area contributed by atoms with Gasteiger partial charge in [0.25, 0.3) is 0 Å². The van der Waals surface area contributed by atoms with E-state index in [2.05, 4.69) is 94.4 Å². The smallest absolute Gasteiger partial charge is 0.123 e. The summed E-state index contributed by atoms with van der Waals surface area (Å²) in [5, 5.41) is 0. The number of benzene rings is 4. The Labute approximate surface area is 237 Å². The van der Waals surface area contributed by atoms with E-state index in [1.165, 1.54) is 50.1 Å². The maximum absolute atomic E-state index is 6.43. The molecular formula is C36H38O4. The first-order valence-electron chi connectivity index (χ1n) is 14.1. The first-order chi connectivity index (χ1) is 19.4. The lowest BCUT2D eigenvalue weighted by Crippen LogP contribution is -2.27. The minimum Gasteiger partial charge on any atom is -0.497 e. The highest BCUT2D eigenvalue weighted by Gasteiger charge is 2.36. The van der Waals surface area contributed by atoms with Gasteiger partial charge in [0.2, 0.25) is 0 Å². The SMILES string of the molecule is COc1ccc(C2COc3cc(C)c(C4c5ccc(C)cc5OCC4c4ccc(OC)cc4C)cc3C2)c(C)c1. The average Bonchev–Trinajstić information content (AvgIpc) is 2.96. The minimum absolute atomic E-state index is 0.171. The quantitative estimate of drug-likeness (QED) is 0.260. The maximum atomic E-state index is 6.43. The number of hydrogen-bond acceptors (Lipinski definition) is 4. The molecule has 0 saturated heterocycles. The van der Waals surface area contributed by atoms with E-state index in [9.17, 15) is 0 Å². The normalized spacial score (nSPS) is 19.6. The summed E-state index contributed by atoms with van der Waals surface area (Å²) in [6.07, 6.45) is 0.950. The molecule has 0 fully saturated rings. The van der Waals surface area contributed by atoms with Gasteiger partial charge in [-0.05, 0) is 115 Å². The average molecular weight is 535 g/mol. The zero-order valence-electron chi connectivity index (χ0n) is 24.3. The fraction of sp³-hybridized carbons (Fsp3) is 0.333. The van der Waals surface area contributed by atoms with Crippen molar-refractivity contribution in [3.05, 3.63) is 117 Å². The third kappa shape index (κ3) is 4.70. The van der Waals surface area contributed by atoms with Crippen LogP contribution in [0.25, 0.3) is 0 Å². The van der Waals surface area contributed by atoms with E-state index in [0.29, 0.717) is 19.1 Å². The lowest BCUT2D eigenvalue weighted by atomic mass is 9.72. The van der Waals surface area contributed by atoms with Crippen molar-refractivity contribution < 1.29 is 18.9 Å². The second kappa shape index (κ2) is 10.6. The summed E-state index contributed by atoms with van der Waals surface area (Å²) in [6, 6.07) is 24.1. The summed E-state index contributed by atoms with van der Waals surface area (Å²) in [6.45, 7) is 10.0. The van der Waals surface area contributed by atoms with Gasteiger partial charge >= 0.3 is 0 Å². The van der Waals surface area contributed by atoms with E-state index in [1.807, 2.05) is 0 Å². The Morgan fingerprint density at radius 3 is 1.90 bits per heavy atom. The molecule has 4 nitrogen and oxygen atoms in total. The highest BCUT2D eigenvalue weighted by molar-refractivity contribution is 5.55. The summed E-state index contributed by atoms with van der Waals surface area (Å²) in [5.74, 6) is 4.44. The van der Waals surface area contributed by atoms with E-state index in [4.69, 9.17) is 18.9 Å². The fourth-order valence-electron chi connectivity index (χ4n) is 6.68. The molecule has 4 aromatic carbocycles. The number of ether oxygens (including phenoxy) is 4. The van der Waals surface area contributed by atoms with Crippen LogP contribution in [0.4, 0.5) is 0 Å². The van der Waals surface area contributed by atoms with Gasteiger partial charge in [0.1, 0.15) is 23.0 Å². The molecule has 2 aliphatic rings. The number of fused-ring (bicyclic) bond motifs is 2. The van der Waals surface area contributed by atoms with Gasteiger partial charge in [0.05, 0.1) is 27.4 Å². The first-order valence-corrected chi connectivity index (χ1v) is 14.1. The number of aryl methyl sites for hydroxylation is 4. The van der Waals surface area contributed by atoms with Gasteiger partial charge in [-0.25, -0.2) is 0 Å². The zero-order valence-corrected chi connectivity index (χ0v) is 24.3. The molecule has 0 spiro atoms. The lowest BCUT2D eigenvalue weighted by Gasteiger charge is -2.37. The van der Waals surface area contributed by atoms with Crippen LogP contribution in [0.5, 0.6) is 23.0 Å². The van der Waals surface area contributed by atoms with Crippen molar-refractivity contribution in [3.8, 4) is 23.0 Å². The molecule has 2 heterocycles. The molecule has 4 heteroatoms.